The predicted molar refractivity (Wildman–Crippen MR) is 247 cm³/mol. The van der Waals surface area contributed by atoms with Gasteiger partial charge in [0.1, 0.15) is 34.2 Å². The number of nitrogens with one attached hydrogen (secondary N) is 2. The number of ketones is 1. The third-order valence-electron chi connectivity index (χ3n) is 12.3. The van der Waals surface area contributed by atoms with Crippen molar-refractivity contribution >= 4 is 35.5 Å². The Morgan fingerprint density at radius 2 is 0.911 bits per heavy atom. The van der Waals surface area contributed by atoms with Gasteiger partial charge in [-0.1, -0.05) is 36.4 Å². The minimum atomic E-state index is -6.61. The number of Topliss-reactive ketones (excluding diaryl/α,β-unsaturated/α-hetero) is 1. The number of ether oxygens (including phenoxy) is 3. The van der Waals surface area contributed by atoms with E-state index in [1.54, 1.807) is 0 Å². The van der Waals surface area contributed by atoms with Gasteiger partial charge in [0.2, 0.25) is 0 Å². The molecule has 0 saturated carbocycles. The molecule has 6 aromatic carbocycles. The average Bonchev–Trinajstić information content (AvgIpc) is 3.54. The Bertz CT molecular complexity index is 3250. The molecular weight excluding hydrogens is 1100 g/mol. The fraction of sp³-hybridized carbons (Fsp3) is 0.231. The van der Waals surface area contributed by atoms with Crippen LogP contribution in [0.1, 0.15) is 78.3 Å². The maximum absolute atomic E-state index is 15.0. The minimum absolute atomic E-state index is 0.0244. The lowest BCUT2D eigenvalue weighted by molar-refractivity contribution is -0.376. The largest absolute Gasteiger partial charge is 0.478 e. The second kappa shape index (κ2) is 21.5. The monoisotopic (exact) mass is 1130 g/mol. The van der Waals surface area contributed by atoms with Gasteiger partial charge in [-0.05, 0) is 127 Å². The number of rotatable bonds is 17. The fourth-order valence-electron chi connectivity index (χ4n) is 8.07. The molecule has 0 spiro atoms. The zero-order valence-electron chi connectivity index (χ0n) is 40.2. The summed E-state index contributed by atoms with van der Waals surface area (Å²) in [6.45, 7) is 2.16. The van der Waals surface area contributed by atoms with Gasteiger partial charge in [-0.15, -0.1) is 0 Å². The smallest absolute Gasteiger partial charge is 0.430 e. The third-order valence-corrected chi connectivity index (χ3v) is 12.3. The van der Waals surface area contributed by atoms with Crippen LogP contribution in [0.2, 0.25) is 0 Å². The standard InChI is InChI=1S/C52H37F15N2O10/c1-26(71)40-23-38(13-15-42(40)77-25-70)79-36-10-6-30(7-11-36)45(2,48(53,54)55)29-4-8-35(9-5-29)78-37-12-14-39(44(73)74)41(24-37)43(72)69-34-20-28(18-32(22-34)47(76,51(62,63)64)52(65,66)67)16-27-17-31(21-33(19-27)68-3)46(75,49(56,57)58)50(59,60)61/h4-15,17-25,68,75-76H,16H2,1-3H3,(H,69,72)(H,73,74). The van der Waals surface area contributed by atoms with Gasteiger partial charge < -0.3 is 40.2 Å². The first-order chi connectivity index (χ1) is 36.4. The van der Waals surface area contributed by atoms with Gasteiger partial charge in [0.05, 0.1) is 16.7 Å². The topological polar surface area (TPSA) is 181 Å². The quantitative estimate of drug-likeness (QED) is 0.0333. The number of hydrogen-bond acceptors (Lipinski definition) is 10. The van der Waals surface area contributed by atoms with Crippen LogP contribution in [0, 0.1) is 0 Å². The summed E-state index contributed by atoms with van der Waals surface area (Å²) in [5.74, 6) is -4.61. The Morgan fingerprint density at radius 1 is 0.506 bits per heavy atom. The molecule has 0 fully saturated rings. The molecule has 6 aromatic rings. The predicted octanol–water partition coefficient (Wildman–Crippen LogP) is 13.1. The minimum Gasteiger partial charge on any atom is -0.478 e. The SMILES string of the molecule is CNc1cc(Cc2cc(NC(=O)c3cc(Oc4ccc(C(C)(c5ccc(Oc6ccc(OC=O)c(C(C)=O)c6)cc5)C(F)(F)F)cc4)ccc3C(=O)O)cc(C(O)(C(F)(F)F)C(F)(F)F)c2)cc(C(O)(C(F)(F)F)C(F)(F)F)c1. The van der Waals surface area contributed by atoms with E-state index in [4.69, 9.17) is 14.2 Å². The highest BCUT2D eigenvalue weighted by Gasteiger charge is 2.72. The Kier molecular flexibility index (Phi) is 16.3. The normalized spacial score (nSPS) is 13.5. The number of carboxylic acid groups (broad SMARTS) is 1. The van der Waals surface area contributed by atoms with Crippen molar-refractivity contribution in [3.63, 3.8) is 0 Å². The van der Waals surface area contributed by atoms with Crippen LogP contribution >= 0.6 is 0 Å². The van der Waals surface area contributed by atoms with Gasteiger partial charge in [-0.25, -0.2) is 4.79 Å². The highest BCUT2D eigenvalue weighted by molar-refractivity contribution is 6.11. The highest BCUT2D eigenvalue weighted by Crippen LogP contribution is 2.53. The molecule has 12 nitrogen and oxygen atoms in total. The second-order valence-electron chi connectivity index (χ2n) is 17.4. The van der Waals surface area contributed by atoms with E-state index in [2.05, 4.69) is 5.32 Å². The lowest BCUT2D eigenvalue weighted by Gasteiger charge is -2.33. The molecule has 0 radical (unpaired) electrons. The van der Waals surface area contributed by atoms with Crippen molar-refractivity contribution in [1.82, 2.24) is 0 Å². The van der Waals surface area contributed by atoms with Gasteiger partial charge in [-0.2, -0.15) is 65.9 Å². The van der Waals surface area contributed by atoms with Crippen LogP contribution in [-0.4, -0.2) is 77.4 Å². The van der Waals surface area contributed by atoms with Crippen molar-refractivity contribution in [3.05, 3.63) is 171 Å². The van der Waals surface area contributed by atoms with Crippen LogP contribution in [0.3, 0.4) is 0 Å². The molecule has 0 bridgehead atoms. The molecule has 0 aliphatic heterocycles. The van der Waals surface area contributed by atoms with Crippen molar-refractivity contribution in [2.75, 3.05) is 17.7 Å². The van der Waals surface area contributed by atoms with E-state index in [1.165, 1.54) is 37.3 Å². The number of anilines is 2. The van der Waals surface area contributed by atoms with Gasteiger partial charge >= 0.3 is 36.9 Å². The van der Waals surface area contributed by atoms with Crippen LogP contribution in [0.25, 0.3) is 0 Å². The van der Waals surface area contributed by atoms with Crippen LogP contribution < -0.4 is 24.8 Å². The molecule has 1 unspecified atom stereocenters. The summed E-state index contributed by atoms with van der Waals surface area (Å²) in [6.07, 6.45) is -32.3. The summed E-state index contributed by atoms with van der Waals surface area (Å²) in [4.78, 5) is 49.0. The van der Waals surface area contributed by atoms with E-state index in [1.807, 2.05) is 5.32 Å². The van der Waals surface area contributed by atoms with E-state index in [-0.39, 0.29) is 70.4 Å². The summed E-state index contributed by atoms with van der Waals surface area (Å²) >= 11 is 0. The number of hydrogen-bond donors (Lipinski definition) is 5. The number of halogens is 15. The fourth-order valence-corrected chi connectivity index (χ4v) is 8.07. The van der Waals surface area contributed by atoms with Crippen LogP contribution in [0.4, 0.5) is 77.2 Å². The van der Waals surface area contributed by atoms with Crippen LogP contribution in [0.15, 0.2) is 121 Å². The summed E-state index contributed by atoms with van der Waals surface area (Å²) < 4.78 is 230. The molecule has 5 N–H and O–H groups in total. The van der Waals surface area contributed by atoms with Crippen molar-refractivity contribution in [3.8, 4) is 28.7 Å². The van der Waals surface area contributed by atoms with Crippen molar-refractivity contribution in [2.45, 2.75) is 67.8 Å². The zero-order chi connectivity index (χ0) is 59.1. The van der Waals surface area contributed by atoms with Crippen molar-refractivity contribution < 1.29 is 115 Å². The number of aromatic carboxylic acids is 1. The zero-order valence-corrected chi connectivity index (χ0v) is 40.2. The van der Waals surface area contributed by atoms with Crippen molar-refractivity contribution in [1.29, 1.82) is 0 Å². The molecule has 0 saturated heterocycles. The number of alkyl halides is 15. The number of benzene rings is 6. The number of carboxylic acids is 1. The Labute approximate surface area is 435 Å². The first-order valence-corrected chi connectivity index (χ1v) is 22.1. The molecule has 0 aliphatic rings. The van der Waals surface area contributed by atoms with Crippen LogP contribution in [-0.2, 0) is 27.8 Å². The summed E-state index contributed by atoms with van der Waals surface area (Å²) in [5, 5.41) is 34.4. The van der Waals surface area contributed by atoms with Gasteiger partial charge in [0, 0.05) is 29.5 Å². The first kappa shape index (κ1) is 59.9. The molecule has 0 heterocycles. The maximum atomic E-state index is 15.0. The molecule has 6 rings (SSSR count). The first-order valence-electron chi connectivity index (χ1n) is 22.1. The van der Waals surface area contributed by atoms with Gasteiger partial charge in [-0.3, -0.25) is 14.4 Å². The summed E-state index contributed by atoms with van der Waals surface area (Å²) in [7, 11) is 0.993. The third kappa shape index (κ3) is 11.9. The Balaban J connectivity index is 1.33. The van der Waals surface area contributed by atoms with Crippen molar-refractivity contribution in [2.24, 2.45) is 0 Å². The number of carbonyl (C=O) groups excluding carboxylic acids is 3. The number of carbonyl (C=O) groups is 4. The lowest BCUT2D eigenvalue weighted by Crippen LogP contribution is -2.54. The summed E-state index contributed by atoms with van der Waals surface area (Å²) in [5.41, 5.74) is -23.8. The van der Waals surface area contributed by atoms with Gasteiger partial charge in [0.15, 0.2) is 5.78 Å². The lowest BCUT2D eigenvalue weighted by atomic mass is 9.75. The molecule has 0 aromatic heterocycles. The molecule has 79 heavy (non-hydrogen) atoms. The Morgan fingerprint density at radius 3 is 1.30 bits per heavy atom. The molecule has 1 atom stereocenters. The van der Waals surface area contributed by atoms with E-state index in [0.717, 1.165) is 68.6 Å². The molecular formula is C52H37F15N2O10. The van der Waals surface area contributed by atoms with Crippen LogP contribution in [0.5, 0.6) is 28.7 Å². The van der Waals surface area contributed by atoms with E-state index in [0.29, 0.717) is 12.1 Å². The number of amides is 1. The molecule has 1 amide bonds. The number of aliphatic hydroxyl groups is 2. The summed E-state index contributed by atoms with van der Waals surface area (Å²) in [6, 6.07) is 16.7. The second-order valence-corrected chi connectivity index (χ2v) is 17.4. The molecule has 420 valence electrons. The molecule has 27 heteroatoms. The molecule has 0 aliphatic carbocycles. The van der Waals surface area contributed by atoms with Gasteiger partial charge in [0.25, 0.3) is 23.6 Å². The van der Waals surface area contributed by atoms with E-state index < -0.39 is 122 Å². The van der Waals surface area contributed by atoms with E-state index in [9.17, 15) is 87.2 Å². The average molecular weight is 1130 g/mol. The Hall–Kier alpha value is -8.33. The highest BCUT2D eigenvalue weighted by atomic mass is 19.4. The maximum Gasteiger partial charge on any atom is 0.430 e. The van der Waals surface area contributed by atoms with E-state index >= 15 is 13.2 Å².